The fourth-order valence-electron chi connectivity index (χ4n) is 3.04. The van der Waals surface area contributed by atoms with Crippen molar-refractivity contribution >= 4 is 11.9 Å². The fourth-order valence-corrected chi connectivity index (χ4v) is 3.04. The van der Waals surface area contributed by atoms with E-state index < -0.39 is 5.97 Å². The number of benzene rings is 1. The number of carboxylic acids is 1. The molecule has 6 heteroatoms. The first-order valence-corrected chi connectivity index (χ1v) is 7.73. The normalized spacial score (nSPS) is 13.5. The van der Waals surface area contributed by atoms with Crippen LogP contribution < -0.4 is 4.74 Å². The molecule has 126 valence electrons. The Bertz CT molecular complexity index is 793. The van der Waals surface area contributed by atoms with Gasteiger partial charge in [0.2, 0.25) is 0 Å². The number of hydrogen-bond acceptors (Lipinski definition) is 4. The van der Waals surface area contributed by atoms with E-state index >= 15 is 0 Å². The molecular weight excluding hydrogens is 310 g/mol. The summed E-state index contributed by atoms with van der Waals surface area (Å²) in [6.45, 7) is 2.82. The first-order valence-electron chi connectivity index (χ1n) is 7.73. The highest BCUT2D eigenvalue weighted by Gasteiger charge is 2.27. The average Bonchev–Trinajstić information content (AvgIpc) is 2.92. The predicted molar refractivity (Wildman–Crippen MR) is 86.2 cm³/mol. The summed E-state index contributed by atoms with van der Waals surface area (Å²) in [5.41, 5.74) is 3.28. The predicted octanol–water partition coefficient (Wildman–Crippen LogP) is 2.42. The Labute approximate surface area is 139 Å². The number of methoxy groups -OCH3 is 1. The average molecular weight is 329 g/mol. The lowest BCUT2D eigenvalue weighted by molar-refractivity contribution is -0.136. The highest BCUT2D eigenvalue weighted by Crippen LogP contribution is 2.27. The van der Waals surface area contributed by atoms with Gasteiger partial charge in [-0.2, -0.15) is 0 Å². The van der Waals surface area contributed by atoms with Gasteiger partial charge in [-0.05, 0) is 36.6 Å². The molecule has 1 amide bonds. The maximum atomic E-state index is 12.9. The molecule has 0 atom stereocenters. The third-order valence-corrected chi connectivity index (χ3v) is 4.29. The smallest absolute Gasteiger partial charge is 0.311 e. The van der Waals surface area contributed by atoms with Gasteiger partial charge in [-0.1, -0.05) is 6.07 Å². The maximum absolute atomic E-state index is 12.9. The van der Waals surface area contributed by atoms with Gasteiger partial charge in [0.15, 0.2) is 0 Å². The Morgan fingerprint density at radius 2 is 2.12 bits per heavy atom. The summed E-state index contributed by atoms with van der Waals surface area (Å²) >= 11 is 0. The van der Waals surface area contributed by atoms with Gasteiger partial charge in [-0.15, -0.1) is 0 Å². The second-order valence-electron chi connectivity index (χ2n) is 5.90. The van der Waals surface area contributed by atoms with Crippen molar-refractivity contribution < 1.29 is 23.8 Å². The Balaban J connectivity index is 1.86. The summed E-state index contributed by atoms with van der Waals surface area (Å²) in [4.78, 5) is 25.6. The zero-order chi connectivity index (χ0) is 17.3. The molecule has 1 aliphatic heterocycles. The highest BCUT2D eigenvalue weighted by molar-refractivity contribution is 5.97. The summed E-state index contributed by atoms with van der Waals surface area (Å²) in [5.74, 6) is -0.242. The number of carbonyl (C=O) groups excluding carboxylic acids is 1. The molecule has 2 heterocycles. The Morgan fingerprint density at radius 1 is 1.33 bits per heavy atom. The van der Waals surface area contributed by atoms with E-state index in [1.807, 2.05) is 18.2 Å². The van der Waals surface area contributed by atoms with Crippen LogP contribution in [0, 0.1) is 6.92 Å². The van der Waals surface area contributed by atoms with E-state index in [9.17, 15) is 9.59 Å². The van der Waals surface area contributed by atoms with E-state index in [4.69, 9.17) is 14.3 Å². The molecule has 3 rings (SSSR count). The van der Waals surface area contributed by atoms with Crippen LogP contribution in [0.2, 0.25) is 0 Å². The molecule has 0 saturated carbocycles. The van der Waals surface area contributed by atoms with Crippen molar-refractivity contribution in [1.82, 2.24) is 4.90 Å². The Morgan fingerprint density at radius 3 is 2.83 bits per heavy atom. The summed E-state index contributed by atoms with van der Waals surface area (Å²) in [6.07, 6.45) is 1.90. The van der Waals surface area contributed by atoms with Crippen molar-refractivity contribution in [2.24, 2.45) is 0 Å². The van der Waals surface area contributed by atoms with Gasteiger partial charge in [0.1, 0.15) is 17.9 Å². The van der Waals surface area contributed by atoms with Crippen LogP contribution in [0.25, 0.3) is 0 Å². The number of furan rings is 1. The van der Waals surface area contributed by atoms with Crippen LogP contribution in [0.1, 0.15) is 32.8 Å². The molecule has 1 aromatic heterocycles. The topological polar surface area (TPSA) is 80.0 Å². The molecule has 1 N–H and O–H groups in total. The minimum Gasteiger partial charge on any atom is -0.497 e. The molecule has 6 nitrogen and oxygen atoms in total. The monoisotopic (exact) mass is 329 g/mol. The van der Waals surface area contributed by atoms with Gasteiger partial charge in [0.25, 0.3) is 5.91 Å². The SMILES string of the molecule is COc1ccc2c(c1)CN(C(=O)c1c(C)coc1CC(=O)O)CC2. The Kier molecular flexibility index (Phi) is 4.29. The van der Waals surface area contributed by atoms with Crippen LogP contribution in [0.15, 0.2) is 28.9 Å². The molecule has 1 aliphatic rings. The van der Waals surface area contributed by atoms with Crippen LogP contribution in [-0.2, 0) is 24.2 Å². The molecule has 0 aliphatic carbocycles. The van der Waals surface area contributed by atoms with Gasteiger partial charge >= 0.3 is 5.97 Å². The number of aliphatic carboxylic acids is 1. The minimum atomic E-state index is -1.02. The molecule has 0 fully saturated rings. The van der Waals surface area contributed by atoms with Gasteiger partial charge in [0.05, 0.1) is 18.9 Å². The van der Waals surface area contributed by atoms with Gasteiger partial charge in [-0.3, -0.25) is 9.59 Å². The molecule has 0 radical (unpaired) electrons. The van der Waals surface area contributed by atoms with Gasteiger partial charge < -0.3 is 19.2 Å². The number of nitrogens with zero attached hydrogens (tertiary/aromatic N) is 1. The van der Waals surface area contributed by atoms with E-state index in [0.29, 0.717) is 24.2 Å². The summed E-state index contributed by atoms with van der Waals surface area (Å²) in [5, 5.41) is 8.98. The zero-order valence-corrected chi connectivity index (χ0v) is 13.7. The molecule has 0 bridgehead atoms. The molecule has 0 saturated heterocycles. The molecular formula is C18H19NO5. The molecule has 2 aromatic rings. The van der Waals surface area contributed by atoms with Crippen molar-refractivity contribution in [2.45, 2.75) is 26.3 Å². The molecule has 0 spiro atoms. The van der Waals surface area contributed by atoms with Crippen LogP contribution in [-0.4, -0.2) is 35.5 Å². The number of hydrogen-bond donors (Lipinski definition) is 1. The van der Waals surface area contributed by atoms with Crippen molar-refractivity contribution in [2.75, 3.05) is 13.7 Å². The fraction of sp³-hybridized carbons (Fsp3) is 0.333. The number of amides is 1. The largest absolute Gasteiger partial charge is 0.497 e. The lowest BCUT2D eigenvalue weighted by Crippen LogP contribution is -2.36. The summed E-state index contributed by atoms with van der Waals surface area (Å²) in [6, 6.07) is 5.88. The number of fused-ring (bicyclic) bond motifs is 1. The lowest BCUT2D eigenvalue weighted by atomic mass is 9.98. The third-order valence-electron chi connectivity index (χ3n) is 4.29. The first-order chi connectivity index (χ1) is 11.5. The van der Waals surface area contributed by atoms with Crippen LogP contribution in [0.5, 0.6) is 5.75 Å². The van der Waals surface area contributed by atoms with E-state index in [1.165, 1.54) is 11.8 Å². The maximum Gasteiger partial charge on any atom is 0.311 e. The van der Waals surface area contributed by atoms with Crippen LogP contribution in [0.3, 0.4) is 0 Å². The standard InChI is InChI=1S/C18H19NO5/c1-11-10-24-15(8-16(20)21)17(11)18(22)19-6-5-12-3-4-14(23-2)7-13(12)9-19/h3-4,7,10H,5-6,8-9H2,1-2H3,(H,20,21). The molecule has 1 aromatic carbocycles. The minimum absolute atomic E-state index is 0.189. The Hall–Kier alpha value is -2.76. The van der Waals surface area contributed by atoms with Gasteiger partial charge in [0, 0.05) is 18.7 Å². The summed E-state index contributed by atoms with van der Waals surface area (Å²) < 4.78 is 10.5. The second-order valence-corrected chi connectivity index (χ2v) is 5.90. The lowest BCUT2D eigenvalue weighted by Gasteiger charge is -2.29. The van der Waals surface area contributed by atoms with Crippen LogP contribution >= 0.6 is 0 Å². The van der Waals surface area contributed by atoms with Crippen molar-refractivity contribution in [3.8, 4) is 5.75 Å². The van der Waals surface area contributed by atoms with E-state index in [-0.39, 0.29) is 18.1 Å². The van der Waals surface area contributed by atoms with Gasteiger partial charge in [-0.25, -0.2) is 0 Å². The van der Waals surface area contributed by atoms with E-state index in [0.717, 1.165) is 17.7 Å². The number of rotatable bonds is 4. The zero-order valence-electron chi connectivity index (χ0n) is 13.7. The number of aryl methyl sites for hydroxylation is 1. The number of carboxylic acid groups (broad SMARTS) is 1. The molecule has 24 heavy (non-hydrogen) atoms. The number of carbonyl (C=O) groups is 2. The second kappa shape index (κ2) is 6.39. The number of ether oxygens (including phenoxy) is 1. The van der Waals surface area contributed by atoms with E-state index in [2.05, 4.69) is 0 Å². The van der Waals surface area contributed by atoms with E-state index in [1.54, 1.807) is 18.9 Å². The molecule has 0 unspecified atom stereocenters. The van der Waals surface area contributed by atoms with Crippen LogP contribution in [0.4, 0.5) is 0 Å². The third kappa shape index (κ3) is 2.99. The summed E-state index contributed by atoms with van der Waals surface area (Å²) in [7, 11) is 1.61. The van der Waals surface area contributed by atoms with Crippen molar-refractivity contribution in [1.29, 1.82) is 0 Å². The first kappa shape index (κ1) is 16.1. The highest BCUT2D eigenvalue weighted by atomic mass is 16.5. The van der Waals surface area contributed by atoms with Crippen molar-refractivity contribution in [3.05, 3.63) is 52.5 Å². The van der Waals surface area contributed by atoms with Crippen molar-refractivity contribution in [3.63, 3.8) is 0 Å². The quantitative estimate of drug-likeness (QED) is 0.932.